The third-order valence-corrected chi connectivity index (χ3v) is 4.95. The van der Waals surface area contributed by atoms with Gasteiger partial charge in [0.15, 0.2) is 0 Å². The minimum Gasteiger partial charge on any atom is -0.465 e. The summed E-state index contributed by atoms with van der Waals surface area (Å²) in [6, 6.07) is 17.8. The quantitative estimate of drug-likeness (QED) is 0.701. The van der Waals surface area contributed by atoms with Crippen LogP contribution in [0.1, 0.15) is 48.9 Å². The number of nitrogens with zero attached hydrogens (tertiary/aromatic N) is 1. The number of aliphatic hydroxyl groups excluding tert-OH is 1. The first-order valence-electron chi connectivity index (χ1n) is 11.4. The molecule has 1 N–H and O–H groups in total. The maximum atomic E-state index is 13.0. The molecule has 0 spiro atoms. The largest absolute Gasteiger partial charge is 0.465 e. The Balaban J connectivity index is 0.00000363. The van der Waals surface area contributed by atoms with Crippen LogP contribution < -0.4 is 0 Å². The van der Waals surface area contributed by atoms with Crippen molar-refractivity contribution in [2.45, 2.75) is 37.7 Å². The van der Waals surface area contributed by atoms with E-state index in [2.05, 4.69) is 0 Å². The monoisotopic (exact) mass is 407 g/mol. The van der Waals surface area contributed by atoms with Gasteiger partial charge in [-0.05, 0) is 50.3 Å². The summed E-state index contributed by atoms with van der Waals surface area (Å²) >= 11 is 0. The summed E-state index contributed by atoms with van der Waals surface area (Å²) < 4.78 is 40.0. The molecule has 5 heteroatoms. The zero-order chi connectivity index (χ0) is 22.7. The fourth-order valence-electron chi connectivity index (χ4n) is 3.32. The number of likely N-dealkylation sites (tertiary alicyclic amines) is 1. The summed E-state index contributed by atoms with van der Waals surface area (Å²) in [4.78, 5) is 14.2. The van der Waals surface area contributed by atoms with Crippen LogP contribution in [0.15, 0.2) is 60.7 Å². The summed E-state index contributed by atoms with van der Waals surface area (Å²) in [5.41, 5.74) is -0.185. The lowest BCUT2D eigenvalue weighted by Gasteiger charge is -2.40. The standard InChI is InChI=1S/C23H29NO3.ClH/c1-2-27-22(26)23(20-11-7-4-8-12-20)14-17-24(18-15-23)16-13-21(25)19-9-5-3-6-10-19;/h3-12,21,25H,2,13-18H2,1H3;1H/i17D2,18D2;. The summed E-state index contributed by atoms with van der Waals surface area (Å²) in [6.45, 7) is -2.43. The smallest absolute Gasteiger partial charge is 0.316 e. The number of piperidine rings is 1. The Morgan fingerprint density at radius 3 is 2.29 bits per heavy atom. The number of hydrogen-bond donors (Lipinski definition) is 1. The molecule has 1 fully saturated rings. The lowest BCUT2D eigenvalue weighted by atomic mass is 9.72. The van der Waals surface area contributed by atoms with E-state index < -0.39 is 30.5 Å². The maximum Gasteiger partial charge on any atom is 0.316 e. The highest BCUT2D eigenvalue weighted by atomic mass is 35.5. The van der Waals surface area contributed by atoms with E-state index in [1.54, 1.807) is 49.4 Å². The third-order valence-electron chi connectivity index (χ3n) is 4.95. The Morgan fingerprint density at radius 2 is 1.71 bits per heavy atom. The second-order valence-corrected chi connectivity index (χ2v) is 6.71. The van der Waals surface area contributed by atoms with E-state index in [-0.39, 0.29) is 44.8 Å². The molecule has 2 aromatic carbocycles. The number of ether oxygens (including phenoxy) is 1. The lowest BCUT2D eigenvalue weighted by Crippen LogP contribution is -2.48. The number of hydrogen-bond acceptors (Lipinski definition) is 4. The molecule has 0 bridgehead atoms. The maximum absolute atomic E-state index is 13.0. The number of benzene rings is 2. The number of halogens is 1. The van der Waals surface area contributed by atoms with Crippen molar-refractivity contribution >= 4 is 18.4 Å². The Bertz CT molecular complexity index is 865. The van der Waals surface area contributed by atoms with Gasteiger partial charge in [0.1, 0.15) is 0 Å². The first-order valence-corrected chi connectivity index (χ1v) is 9.36. The molecule has 1 atom stereocenters. The first-order chi connectivity index (χ1) is 14.6. The van der Waals surface area contributed by atoms with Crippen molar-refractivity contribution in [3.05, 3.63) is 71.8 Å². The van der Waals surface area contributed by atoms with Gasteiger partial charge in [-0.2, -0.15) is 0 Å². The van der Waals surface area contributed by atoms with Crippen molar-refractivity contribution in [2.75, 3.05) is 26.1 Å². The van der Waals surface area contributed by atoms with Crippen LogP contribution in [0.2, 0.25) is 0 Å². The number of rotatable bonds is 7. The first kappa shape index (κ1) is 17.0. The van der Waals surface area contributed by atoms with Crippen molar-refractivity contribution in [3.63, 3.8) is 0 Å². The molecular formula is C23H30ClNO3. The van der Waals surface area contributed by atoms with E-state index in [0.29, 0.717) is 11.1 Å². The Morgan fingerprint density at radius 1 is 1.14 bits per heavy atom. The van der Waals surface area contributed by atoms with Crippen molar-refractivity contribution in [1.82, 2.24) is 4.90 Å². The van der Waals surface area contributed by atoms with Crippen LogP contribution in [0, 0.1) is 0 Å². The van der Waals surface area contributed by atoms with Crippen LogP contribution in [0.3, 0.4) is 0 Å². The highest BCUT2D eigenvalue weighted by Gasteiger charge is 2.44. The summed E-state index contributed by atoms with van der Waals surface area (Å²) in [5, 5.41) is 10.5. The predicted octanol–water partition coefficient (Wildman–Crippen LogP) is 4.13. The van der Waals surface area contributed by atoms with E-state index in [0.717, 1.165) is 4.90 Å². The van der Waals surface area contributed by atoms with Gasteiger partial charge >= 0.3 is 5.97 Å². The molecule has 0 amide bonds. The molecule has 0 saturated carbocycles. The van der Waals surface area contributed by atoms with E-state index in [9.17, 15) is 9.90 Å². The van der Waals surface area contributed by atoms with Gasteiger partial charge in [0.05, 0.1) is 18.1 Å². The Labute approximate surface area is 179 Å². The van der Waals surface area contributed by atoms with Gasteiger partial charge in [0.25, 0.3) is 0 Å². The van der Waals surface area contributed by atoms with Crippen molar-refractivity contribution in [2.24, 2.45) is 0 Å². The molecule has 28 heavy (non-hydrogen) atoms. The highest BCUT2D eigenvalue weighted by Crippen LogP contribution is 2.37. The van der Waals surface area contributed by atoms with Gasteiger partial charge in [0, 0.05) is 12.0 Å². The normalized spacial score (nSPS) is 23.1. The number of esters is 1. The summed E-state index contributed by atoms with van der Waals surface area (Å²) in [6.07, 6.45) is -1.13. The van der Waals surface area contributed by atoms with E-state index in [1.807, 2.05) is 18.2 Å². The van der Waals surface area contributed by atoms with Crippen molar-refractivity contribution < 1.29 is 20.1 Å². The zero-order valence-corrected chi connectivity index (χ0v) is 16.8. The Kier molecular flexibility index (Phi) is 6.45. The molecule has 0 aromatic heterocycles. The predicted molar refractivity (Wildman–Crippen MR) is 114 cm³/mol. The molecule has 4 nitrogen and oxygen atoms in total. The molecular weight excluding hydrogens is 374 g/mol. The molecule has 2 aromatic rings. The van der Waals surface area contributed by atoms with Crippen LogP contribution >= 0.6 is 12.4 Å². The van der Waals surface area contributed by atoms with Crippen LogP contribution in [0.4, 0.5) is 0 Å². The van der Waals surface area contributed by atoms with Gasteiger partial charge in [-0.3, -0.25) is 4.79 Å². The molecule has 1 saturated heterocycles. The highest BCUT2D eigenvalue weighted by molar-refractivity contribution is 5.85. The van der Waals surface area contributed by atoms with Crippen molar-refractivity contribution in [3.8, 4) is 0 Å². The molecule has 1 aliphatic heterocycles. The second kappa shape index (κ2) is 10.6. The SMILES string of the molecule is Cl.[2H]C1([2H])CC(C(=O)OCC)(c2ccccc2)CC([2H])([2H])N1CCC(O)c1ccccc1. The lowest BCUT2D eigenvalue weighted by molar-refractivity contribution is -0.152. The van der Waals surface area contributed by atoms with Gasteiger partial charge in [-0.25, -0.2) is 0 Å². The van der Waals surface area contributed by atoms with E-state index in [4.69, 9.17) is 10.2 Å². The van der Waals surface area contributed by atoms with Gasteiger partial charge < -0.3 is 14.7 Å². The van der Waals surface area contributed by atoms with E-state index >= 15 is 0 Å². The van der Waals surface area contributed by atoms with Gasteiger partial charge in [-0.1, -0.05) is 60.7 Å². The average Bonchev–Trinajstić information content (AvgIpc) is 2.73. The molecule has 0 radical (unpaired) electrons. The third kappa shape index (κ3) is 5.13. The van der Waals surface area contributed by atoms with Crippen LogP contribution in [0.25, 0.3) is 0 Å². The second-order valence-electron chi connectivity index (χ2n) is 6.71. The molecule has 1 aliphatic rings. The fourth-order valence-corrected chi connectivity index (χ4v) is 3.32. The zero-order valence-electron chi connectivity index (χ0n) is 20.0. The molecule has 0 aliphatic carbocycles. The van der Waals surface area contributed by atoms with Gasteiger partial charge in [0.2, 0.25) is 0 Å². The summed E-state index contributed by atoms with van der Waals surface area (Å²) in [5.74, 6) is -0.613. The average molecular weight is 408 g/mol. The fraction of sp³-hybridized carbons (Fsp3) is 0.435. The minimum absolute atomic E-state index is 0. The number of carbonyl (C=O) groups is 1. The number of aliphatic hydroxyl groups is 1. The summed E-state index contributed by atoms with van der Waals surface area (Å²) in [7, 11) is 0. The van der Waals surface area contributed by atoms with Crippen LogP contribution in [-0.4, -0.2) is 42.1 Å². The van der Waals surface area contributed by atoms with E-state index in [1.165, 1.54) is 0 Å². The topological polar surface area (TPSA) is 49.8 Å². The van der Waals surface area contributed by atoms with Crippen LogP contribution in [0.5, 0.6) is 0 Å². The minimum atomic E-state index is -2.12. The molecule has 1 unspecified atom stereocenters. The van der Waals surface area contributed by atoms with Crippen LogP contribution in [-0.2, 0) is 14.9 Å². The van der Waals surface area contributed by atoms with Crippen molar-refractivity contribution in [1.29, 1.82) is 0 Å². The molecule has 152 valence electrons. The number of carbonyl (C=O) groups excluding carboxylic acids is 1. The molecule has 3 rings (SSSR count). The Hall–Kier alpha value is -1.88. The van der Waals surface area contributed by atoms with Gasteiger partial charge in [-0.15, -0.1) is 12.4 Å². The molecule has 1 heterocycles.